The molecule has 4 rings (SSSR count). The summed E-state index contributed by atoms with van der Waals surface area (Å²) < 4.78 is 34.2. The maximum Gasteiger partial charge on any atom is 0.436 e. The number of rotatable bonds is 8. The number of nitrogens with zero attached hydrogens (tertiary/aromatic N) is 6. The van der Waals surface area contributed by atoms with Crippen LogP contribution in [-0.2, 0) is 10.0 Å². The molecule has 10 nitrogen and oxygen atoms in total. The van der Waals surface area contributed by atoms with Crippen molar-refractivity contribution in [2.45, 2.75) is 32.1 Å². The largest absolute Gasteiger partial charge is 0.492 e. The van der Waals surface area contributed by atoms with Gasteiger partial charge in [-0.2, -0.15) is 13.8 Å². The van der Waals surface area contributed by atoms with Gasteiger partial charge in [0, 0.05) is 32.7 Å². The normalized spacial score (nSPS) is 23.9. The quantitative estimate of drug-likeness (QED) is 0.519. The maximum atomic E-state index is 13.7. The van der Waals surface area contributed by atoms with Crippen LogP contribution in [0.25, 0.3) is 0 Å². The number of likely N-dealkylation sites (N-methyl/N-ethyl adjacent to an activating group) is 1. The molecule has 1 aromatic carbocycles. The van der Waals surface area contributed by atoms with E-state index in [0.29, 0.717) is 56.7 Å². The Balaban J connectivity index is 1.67. The fraction of sp³-hybridized carbons (Fsp3) is 0.565. The van der Waals surface area contributed by atoms with E-state index in [1.54, 1.807) is 12.1 Å². The van der Waals surface area contributed by atoms with Crippen LogP contribution in [0.1, 0.15) is 27.2 Å². The van der Waals surface area contributed by atoms with Gasteiger partial charge in [0.1, 0.15) is 12.1 Å². The van der Waals surface area contributed by atoms with E-state index < -0.39 is 10.0 Å². The zero-order chi connectivity index (χ0) is 24.5. The highest BCUT2D eigenvalue weighted by atomic mass is 32.2. The third-order valence-electron chi connectivity index (χ3n) is 6.62. The van der Waals surface area contributed by atoms with E-state index in [9.17, 15) is 13.2 Å². The number of benzene rings is 1. The van der Waals surface area contributed by atoms with E-state index in [4.69, 9.17) is 4.74 Å². The minimum atomic E-state index is -3.71. The number of carbonyl (C=O) groups excluding carboxylic acids is 1. The number of fused-ring (bicyclic) bond motifs is 1. The number of urea groups is 1. The van der Waals surface area contributed by atoms with E-state index in [1.807, 2.05) is 20.2 Å². The van der Waals surface area contributed by atoms with E-state index in [-0.39, 0.29) is 15.4 Å². The molecule has 186 valence electrons. The molecule has 0 bridgehead atoms. The van der Waals surface area contributed by atoms with Crippen molar-refractivity contribution in [1.82, 2.24) is 14.1 Å². The van der Waals surface area contributed by atoms with Gasteiger partial charge in [-0.15, -0.1) is 0 Å². The molecule has 1 saturated heterocycles. The predicted molar refractivity (Wildman–Crippen MR) is 131 cm³/mol. The molecule has 0 aromatic heterocycles. The summed E-state index contributed by atoms with van der Waals surface area (Å²) in [7, 11) is -1.87. The van der Waals surface area contributed by atoms with Crippen molar-refractivity contribution in [1.29, 1.82) is 0 Å². The van der Waals surface area contributed by atoms with Crippen molar-refractivity contribution < 1.29 is 22.4 Å². The fourth-order valence-electron chi connectivity index (χ4n) is 4.64. The second kappa shape index (κ2) is 9.65. The highest BCUT2D eigenvalue weighted by molar-refractivity contribution is 7.89. The highest BCUT2D eigenvalue weighted by Gasteiger charge is 2.49. The number of hydrogen-bond donors (Lipinski definition) is 0. The van der Waals surface area contributed by atoms with Crippen molar-refractivity contribution in [2.75, 3.05) is 64.5 Å². The van der Waals surface area contributed by atoms with Crippen molar-refractivity contribution in [3.63, 3.8) is 0 Å². The first kappa shape index (κ1) is 24.6. The summed E-state index contributed by atoms with van der Waals surface area (Å²) in [6.07, 6.45) is 4.36. The average Bonchev–Trinajstić information content (AvgIpc) is 3.17. The molecule has 3 aliphatic rings. The van der Waals surface area contributed by atoms with E-state index in [2.05, 4.69) is 28.6 Å². The third-order valence-corrected chi connectivity index (χ3v) is 8.51. The highest BCUT2D eigenvalue weighted by Crippen LogP contribution is 2.37. The Morgan fingerprint density at radius 2 is 1.85 bits per heavy atom. The van der Waals surface area contributed by atoms with E-state index in [1.165, 1.54) is 21.6 Å². The molecule has 0 spiro atoms. The molecule has 1 fully saturated rings. The molecule has 3 aliphatic heterocycles. The standard InChI is InChI=1S/C23H35N6O4S/c1-5-10-26-16-22-24-17-28(23(30)29(22,4)18-26)20-15-19(8-9-21(20)33-7-3)34(31,32)27-13-11-25(6-2)12-14-27/h8-9,15-17H,5-7,10-14,18H2,1-4H3/q+1. The van der Waals surface area contributed by atoms with Crippen LogP contribution < -0.4 is 9.64 Å². The molecule has 1 atom stereocenters. The van der Waals surface area contributed by atoms with Gasteiger partial charge in [-0.1, -0.05) is 13.8 Å². The van der Waals surface area contributed by atoms with E-state index >= 15 is 0 Å². The van der Waals surface area contributed by atoms with Crippen LogP contribution in [0.3, 0.4) is 0 Å². The van der Waals surface area contributed by atoms with Crippen LogP contribution in [0.15, 0.2) is 40.1 Å². The number of amides is 2. The lowest BCUT2D eigenvalue weighted by Crippen LogP contribution is -2.57. The number of piperazine rings is 1. The van der Waals surface area contributed by atoms with Crippen LogP contribution >= 0.6 is 0 Å². The van der Waals surface area contributed by atoms with Crippen molar-refractivity contribution in [2.24, 2.45) is 4.99 Å². The van der Waals surface area contributed by atoms with Crippen molar-refractivity contribution in [3.05, 3.63) is 30.2 Å². The van der Waals surface area contributed by atoms with Gasteiger partial charge in [-0.3, -0.25) is 0 Å². The fourth-order valence-corrected chi connectivity index (χ4v) is 6.08. The molecular weight excluding hydrogens is 456 g/mol. The second-order valence-electron chi connectivity index (χ2n) is 8.93. The number of hydrogen-bond acceptors (Lipinski definition) is 7. The molecule has 1 aromatic rings. The number of ether oxygens (including phenoxy) is 1. The van der Waals surface area contributed by atoms with Gasteiger partial charge in [0.05, 0.1) is 30.4 Å². The lowest BCUT2D eigenvalue weighted by atomic mass is 10.2. The summed E-state index contributed by atoms with van der Waals surface area (Å²) in [5.74, 6) is 1.12. The van der Waals surface area contributed by atoms with Crippen LogP contribution in [0.2, 0.25) is 0 Å². The number of sulfonamides is 1. The monoisotopic (exact) mass is 491 g/mol. The SMILES string of the molecule is CCCN1C=C2N=CN(c3cc(S(=O)(=O)N4CCN(CC)CC4)ccc3OCC)C(=O)[N+]2(C)C1. The van der Waals surface area contributed by atoms with Crippen molar-refractivity contribution in [3.8, 4) is 5.75 Å². The Morgan fingerprint density at radius 3 is 2.50 bits per heavy atom. The van der Waals surface area contributed by atoms with E-state index in [0.717, 1.165) is 19.5 Å². The summed E-state index contributed by atoms with van der Waals surface area (Å²) in [6, 6.07) is 4.53. The van der Waals surface area contributed by atoms with Crippen LogP contribution in [0, 0.1) is 0 Å². The Bertz CT molecular complexity index is 1100. The van der Waals surface area contributed by atoms with Gasteiger partial charge in [0.15, 0.2) is 6.67 Å². The van der Waals surface area contributed by atoms with Gasteiger partial charge < -0.3 is 14.5 Å². The smallest absolute Gasteiger partial charge is 0.436 e. The number of carbonyl (C=O) groups is 1. The summed E-state index contributed by atoms with van der Waals surface area (Å²) >= 11 is 0. The zero-order valence-corrected chi connectivity index (χ0v) is 21.3. The summed E-state index contributed by atoms with van der Waals surface area (Å²) in [4.78, 5) is 24.1. The van der Waals surface area contributed by atoms with Crippen molar-refractivity contribution >= 4 is 28.1 Å². The van der Waals surface area contributed by atoms with Crippen LogP contribution in [0.4, 0.5) is 10.5 Å². The van der Waals surface area contributed by atoms with Crippen LogP contribution in [-0.4, -0.2) is 99.0 Å². The van der Waals surface area contributed by atoms with Gasteiger partial charge in [-0.05, 0) is 38.1 Å². The maximum absolute atomic E-state index is 13.7. The summed E-state index contributed by atoms with van der Waals surface area (Å²) in [5, 5.41) is 0. The van der Waals surface area contributed by atoms with Crippen LogP contribution in [0.5, 0.6) is 5.75 Å². The lowest BCUT2D eigenvalue weighted by Gasteiger charge is -2.35. The number of anilines is 1. The van der Waals surface area contributed by atoms with Gasteiger partial charge in [-0.25, -0.2) is 18.1 Å². The molecule has 0 saturated carbocycles. The zero-order valence-electron chi connectivity index (χ0n) is 20.5. The molecule has 1 unspecified atom stereocenters. The van der Waals surface area contributed by atoms with Gasteiger partial charge in [0.25, 0.3) is 5.82 Å². The third kappa shape index (κ3) is 4.33. The first-order valence-electron chi connectivity index (χ1n) is 11.9. The molecule has 3 heterocycles. The summed E-state index contributed by atoms with van der Waals surface area (Å²) in [5.41, 5.74) is 0.385. The Labute approximate surface area is 202 Å². The minimum absolute atomic E-state index is 0.00196. The average molecular weight is 492 g/mol. The van der Waals surface area contributed by atoms with Gasteiger partial charge >= 0.3 is 6.03 Å². The predicted octanol–water partition coefficient (Wildman–Crippen LogP) is 2.31. The minimum Gasteiger partial charge on any atom is -0.492 e. The molecule has 0 N–H and O–H groups in total. The molecular formula is C23H35N6O4S+. The molecule has 11 heteroatoms. The first-order chi connectivity index (χ1) is 16.2. The number of aliphatic imine (C=N–C) groups is 1. The molecule has 0 radical (unpaired) electrons. The summed E-state index contributed by atoms with van der Waals surface area (Å²) in [6.45, 7) is 10.9. The Morgan fingerprint density at radius 1 is 1.12 bits per heavy atom. The van der Waals surface area contributed by atoms with Gasteiger partial charge in [0.2, 0.25) is 10.0 Å². The lowest BCUT2D eigenvalue weighted by molar-refractivity contribution is -0.792. The second-order valence-corrected chi connectivity index (χ2v) is 10.9. The Hall–Kier alpha value is -2.47. The molecule has 34 heavy (non-hydrogen) atoms. The Kier molecular flexibility index (Phi) is 6.99. The molecule has 2 amide bonds. The first-order valence-corrected chi connectivity index (χ1v) is 13.4. The molecule has 0 aliphatic carbocycles. The topological polar surface area (TPSA) is 85.8 Å². The number of quaternary nitrogens is 1.